The van der Waals surface area contributed by atoms with Gasteiger partial charge in [0.25, 0.3) is 5.91 Å². The number of hydrogen-bond donors (Lipinski definition) is 6. The number of Topliss-reactive ketones (excluding diaryl/α,β-unsaturated/α-hetero) is 2. The number of aryl methyl sites for hydroxylation is 2. The Kier molecular flexibility index (Phi) is 11.2. The highest BCUT2D eigenvalue weighted by Gasteiger charge is 2.64. The van der Waals surface area contributed by atoms with Crippen molar-refractivity contribution in [2.45, 2.75) is 64.6 Å². The van der Waals surface area contributed by atoms with Crippen molar-refractivity contribution in [1.82, 2.24) is 9.80 Å². The van der Waals surface area contributed by atoms with Crippen molar-refractivity contribution in [2.75, 3.05) is 51.7 Å². The van der Waals surface area contributed by atoms with Gasteiger partial charge in [0.15, 0.2) is 11.4 Å². The number of hydrogen-bond acceptors (Lipinski definition) is 14. The van der Waals surface area contributed by atoms with Crippen LogP contribution in [0.2, 0.25) is 0 Å². The Morgan fingerprint density at radius 3 is 2.16 bits per heavy atom. The number of primary amides is 1. The third-order valence-corrected chi connectivity index (χ3v) is 10.8. The second-order valence-corrected chi connectivity index (χ2v) is 16.0. The molecule has 5 rings (SSSR count). The number of carbonyl (C=O) groups is 6. The number of aromatic hydroxyl groups is 1. The van der Waals surface area contributed by atoms with E-state index >= 15 is 0 Å². The first-order chi connectivity index (χ1) is 26.4. The van der Waals surface area contributed by atoms with Crippen LogP contribution in [0.15, 0.2) is 41.2 Å². The topological polar surface area (TPSA) is 250 Å². The minimum absolute atomic E-state index is 0.0292. The van der Waals surface area contributed by atoms with Crippen LogP contribution in [0.4, 0.5) is 16.2 Å². The third kappa shape index (κ3) is 7.28. The van der Waals surface area contributed by atoms with Crippen molar-refractivity contribution in [3.05, 3.63) is 69.0 Å². The highest BCUT2D eigenvalue weighted by atomic mass is 16.7. The summed E-state index contributed by atoms with van der Waals surface area (Å²) in [6.45, 7) is 7.10. The summed E-state index contributed by atoms with van der Waals surface area (Å²) < 4.78 is 10.4. The molecule has 0 aromatic heterocycles. The van der Waals surface area contributed by atoms with E-state index in [1.807, 2.05) is 0 Å². The Balaban J connectivity index is 1.45. The molecule has 4 atom stereocenters. The van der Waals surface area contributed by atoms with E-state index in [2.05, 4.69) is 5.32 Å². The molecule has 0 heterocycles. The van der Waals surface area contributed by atoms with Gasteiger partial charge in [0.1, 0.15) is 29.4 Å². The monoisotopic (exact) mass is 791 g/mol. The summed E-state index contributed by atoms with van der Waals surface area (Å²) in [5.74, 6) is -9.51. The molecule has 1 saturated carbocycles. The van der Waals surface area contributed by atoms with Crippen LogP contribution in [0.5, 0.6) is 5.75 Å². The number of esters is 1. The SMILES string of the molecule is Cc1cccc(C)c1C(=O)OCOC(=O)N(CC(=O)Nc1cc(N(C)C)c2c(c1O)C(O)=C1C(=O)[C@]3(O)C(O)=C(C(N)=O)C(=O)[C@@H](N(C)C)[C@@H]3C[C@@H]1C2)C(C)(C)C. The standard InChI is InChI=1S/C40H49N5O12/c1-18-11-10-12-19(2)26(18)37(53)56-17-57-38(54)45(39(3,4)5)16-25(46)42-23-15-24(43(6)7)21-13-20-14-22-30(44(8)9)33(49)29(36(41)52)35(51)40(22,55)34(50)27(20)32(48)28(21)31(23)47/h10-12,15,20,22,30,47-48,51,55H,13-14,16-17H2,1-9H3,(H2,41,52)(H,42,46)/t20-,22-,30-,40-/m0/s1. The fourth-order valence-corrected chi connectivity index (χ4v) is 8.11. The molecule has 0 aliphatic heterocycles. The summed E-state index contributed by atoms with van der Waals surface area (Å²) >= 11 is 0. The fraction of sp³-hybridized carbons (Fsp3) is 0.450. The van der Waals surface area contributed by atoms with E-state index in [0.29, 0.717) is 27.9 Å². The molecule has 2 aromatic rings. The van der Waals surface area contributed by atoms with Crippen LogP contribution in [-0.2, 0) is 35.1 Å². The number of phenolic OH excluding ortho intramolecular Hbond substituents is 1. The molecule has 1 fully saturated rings. The molecular weight excluding hydrogens is 742 g/mol. The van der Waals surface area contributed by atoms with Crippen LogP contribution < -0.4 is 16.0 Å². The molecule has 7 N–H and O–H groups in total. The highest BCUT2D eigenvalue weighted by molar-refractivity contribution is 6.24. The molecule has 17 heteroatoms. The van der Waals surface area contributed by atoms with Gasteiger partial charge in [0.2, 0.25) is 18.5 Å². The summed E-state index contributed by atoms with van der Waals surface area (Å²) in [5, 5.41) is 49.1. The molecule has 2 aromatic carbocycles. The number of likely N-dealkylation sites (N-methyl/N-ethyl adjacent to an activating group) is 1. The zero-order valence-electron chi connectivity index (χ0n) is 33.3. The molecule has 306 valence electrons. The van der Waals surface area contributed by atoms with Crippen LogP contribution in [0, 0.1) is 25.7 Å². The first kappa shape index (κ1) is 42.2. The number of ketones is 2. The molecule has 0 saturated heterocycles. The van der Waals surface area contributed by atoms with Gasteiger partial charge >= 0.3 is 12.1 Å². The Morgan fingerprint density at radius 1 is 1.00 bits per heavy atom. The van der Waals surface area contributed by atoms with Crippen LogP contribution in [0.25, 0.3) is 5.76 Å². The summed E-state index contributed by atoms with van der Waals surface area (Å²) in [6, 6.07) is 5.50. The van der Waals surface area contributed by atoms with Crippen molar-refractivity contribution in [3.63, 3.8) is 0 Å². The average molecular weight is 792 g/mol. The Bertz CT molecular complexity index is 2130. The van der Waals surface area contributed by atoms with E-state index in [1.54, 1.807) is 71.8 Å². The van der Waals surface area contributed by atoms with Crippen LogP contribution in [0.1, 0.15) is 59.8 Å². The molecule has 3 aliphatic rings. The first-order valence-electron chi connectivity index (χ1n) is 18.1. The van der Waals surface area contributed by atoms with E-state index in [9.17, 15) is 49.2 Å². The number of fused-ring (bicyclic) bond motifs is 3. The average Bonchev–Trinajstić information content (AvgIpc) is 3.08. The molecule has 3 amide bonds. The minimum atomic E-state index is -2.82. The number of amides is 3. The van der Waals surface area contributed by atoms with Gasteiger partial charge in [0.05, 0.1) is 22.9 Å². The van der Waals surface area contributed by atoms with Crippen molar-refractivity contribution >= 4 is 52.6 Å². The summed E-state index contributed by atoms with van der Waals surface area (Å²) in [5.41, 5.74) is 2.40. The normalized spacial score (nSPS) is 21.7. The Morgan fingerprint density at radius 2 is 1.61 bits per heavy atom. The Labute approximate surface area is 329 Å². The quantitative estimate of drug-likeness (QED) is 0.0925. The number of aliphatic hydroxyl groups excluding tert-OH is 2. The van der Waals surface area contributed by atoms with Crippen molar-refractivity contribution in [1.29, 1.82) is 0 Å². The maximum Gasteiger partial charge on any atom is 0.413 e. The number of aliphatic hydroxyl groups is 3. The summed E-state index contributed by atoms with van der Waals surface area (Å²) in [4.78, 5) is 83.7. The molecule has 17 nitrogen and oxygen atoms in total. The lowest BCUT2D eigenvalue weighted by molar-refractivity contribution is -0.153. The minimum Gasteiger partial charge on any atom is -0.508 e. The molecule has 0 radical (unpaired) electrons. The summed E-state index contributed by atoms with van der Waals surface area (Å²) in [6.07, 6.45) is -1.04. The van der Waals surface area contributed by atoms with Gasteiger partial charge in [-0.15, -0.1) is 0 Å². The lowest BCUT2D eigenvalue weighted by Crippen LogP contribution is -2.65. The lowest BCUT2D eigenvalue weighted by Gasteiger charge is -2.50. The number of nitrogens with one attached hydrogen (secondary N) is 1. The Hall–Kier alpha value is -5.94. The number of benzene rings is 2. The highest BCUT2D eigenvalue weighted by Crippen LogP contribution is 2.54. The van der Waals surface area contributed by atoms with Crippen LogP contribution >= 0.6 is 0 Å². The molecular formula is C40H49N5O12. The number of carbonyl (C=O) groups excluding carboxylic acids is 6. The van der Waals surface area contributed by atoms with E-state index in [4.69, 9.17) is 15.2 Å². The van der Waals surface area contributed by atoms with E-state index < -0.39 is 101 Å². The van der Waals surface area contributed by atoms with Gasteiger partial charge in [-0.05, 0) is 90.2 Å². The zero-order valence-corrected chi connectivity index (χ0v) is 33.3. The molecule has 3 aliphatic carbocycles. The third-order valence-electron chi connectivity index (χ3n) is 10.8. The second kappa shape index (κ2) is 15.2. The van der Waals surface area contributed by atoms with Crippen LogP contribution in [-0.4, -0.2) is 124 Å². The predicted octanol–water partition coefficient (Wildman–Crippen LogP) is 2.64. The molecule has 0 unspecified atom stereocenters. The molecule has 0 spiro atoms. The summed E-state index contributed by atoms with van der Waals surface area (Å²) in [7, 11) is 6.39. The molecule has 57 heavy (non-hydrogen) atoms. The van der Waals surface area contributed by atoms with Gasteiger partial charge < -0.3 is 45.9 Å². The number of nitrogens with two attached hydrogens (primary N) is 1. The maximum absolute atomic E-state index is 14.3. The van der Waals surface area contributed by atoms with E-state index in [-0.39, 0.29) is 29.7 Å². The van der Waals surface area contributed by atoms with Gasteiger partial charge in [-0.1, -0.05) is 18.2 Å². The van der Waals surface area contributed by atoms with Crippen LogP contribution in [0.3, 0.4) is 0 Å². The van der Waals surface area contributed by atoms with Gasteiger partial charge in [0, 0.05) is 36.8 Å². The van der Waals surface area contributed by atoms with Gasteiger partial charge in [-0.2, -0.15) is 0 Å². The molecule has 0 bridgehead atoms. The van der Waals surface area contributed by atoms with E-state index in [1.165, 1.54) is 25.1 Å². The second-order valence-electron chi connectivity index (χ2n) is 16.0. The number of ether oxygens (including phenoxy) is 2. The van der Waals surface area contributed by atoms with Gasteiger partial charge in [-0.3, -0.25) is 29.0 Å². The largest absolute Gasteiger partial charge is 0.508 e. The van der Waals surface area contributed by atoms with Crippen molar-refractivity contribution in [2.24, 2.45) is 17.6 Å². The van der Waals surface area contributed by atoms with Crippen molar-refractivity contribution < 1.29 is 58.7 Å². The number of phenols is 1. The number of anilines is 2. The maximum atomic E-state index is 14.3. The number of nitrogens with zero attached hydrogens (tertiary/aromatic N) is 3. The zero-order chi connectivity index (χ0) is 42.6. The van der Waals surface area contributed by atoms with Gasteiger partial charge in [-0.25, -0.2) is 9.59 Å². The smallest absolute Gasteiger partial charge is 0.413 e. The van der Waals surface area contributed by atoms with Crippen molar-refractivity contribution in [3.8, 4) is 5.75 Å². The number of rotatable bonds is 9. The fourth-order valence-electron chi connectivity index (χ4n) is 8.11. The predicted molar refractivity (Wildman–Crippen MR) is 206 cm³/mol. The van der Waals surface area contributed by atoms with E-state index in [0.717, 1.165) is 4.90 Å². The first-order valence-corrected chi connectivity index (χ1v) is 18.1. The lowest BCUT2D eigenvalue weighted by atomic mass is 9.57.